The van der Waals surface area contributed by atoms with E-state index in [1.807, 2.05) is 36.4 Å². The summed E-state index contributed by atoms with van der Waals surface area (Å²) in [5.74, 6) is 2.91. The van der Waals surface area contributed by atoms with Crippen molar-refractivity contribution in [2.75, 3.05) is 20.2 Å². The average molecular weight is 484 g/mol. The highest BCUT2D eigenvalue weighted by Crippen LogP contribution is 2.25. The molecule has 0 bridgehead atoms. The standard InChI is InChI=1S/C20H28N4O2.HI/c1-4-12-23-20(21-3)24-15-16-7-6-13-22-19(16)26-18-10-8-17(9-11-18)25-14-5-2;/h6-11,13H,4-5,12,14-15H2,1-3H3,(H2,21,23,24);1H. The second kappa shape index (κ2) is 13.2. The van der Waals surface area contributed by atoms with Crippen molar-refractivity contribution in [2.24, 2.45) is 4.99 Å². The number of aliphatic imine (C=N–C) groups is 1. The molecular formula is C20H29IN4O2. The molecule has 0 aliphatic carbocycles. The number of ether oxygens (including phenoxy) is 2. The van der Waals surface area contributed by atoms with Crippen molar-refractivity contribution in [3.63, 3.8) is 0 Å². The van der Waals surface area contributed by atoms with Gasteiger partial charge in [0.15, 0.2) is 5.96 Å². The molecule has 2 aromatic rings. The lowest BCUT2D eigenvalue weighted by molar-refractivity contribution is 0.317. The highest BCUT2D eigenvalue weighted by Gasteiger charge is 2.07. The van der Waals surface area contributed by atoms with Crippen molar-refractivity contribution >= 4 is 29.9 Å². The van der Waals surface area contributed by atoms with E-state index >= 15 is 0 Å². The second-order valence-electron chi connectivity index (χ2n) is 5.74. The van der Waals surface area contributed by atoms with Gasteiger partial charge in [-0.1, -0.05) is 19.9 Å². The minimum atomic E-state index is 0. The zero-order valence-corrected chi connectivity index (χ0v) is 18.5. The van der Waals surface area contributed by atoms with Gasteiger partial charge in [-0.25, -0.2) is 4.98 Å². The van der Waals surface area contributed by atoms with Gasteiger partial charge in [-0.3, -0.25) is 4.99 Å². The Morgan fingerprint density at radius 2 is 1.78 bits per heavy atom. The summed E-state index contributed by atoms with van der Waals surface area (Å²) in [4.78, 5) is 8.57. The second-order valence-corrected chi connectivity index (χ2v) is 5.74. The molecule has 1 aromatic heterocycles. The average Bonchev–Trinajstić information content (AvgIpc) is 2.68. The first-order valence-electron chi connectivity index (χ1n) is 9.06. The number of aromatic nitrogens is 1. The van der Waals surface area contributed by atoms with Crippen molar-refractivity contribution in [1.82, 2.24) is 15.6 Å². The molecule has 7 heteroatoms. The Balaban J connectivity index is 0.00000364. The fourth-order valence-corrected chi connectivity index (χ4v) is 2.23. The monoisotopic (exact) mass is 484 g/mol. The molecule has 6 nitrogen and oxygen atoms in total. The minimum Gasteiger partial charge on any atom is -0.494 e. The van der Waals surface area contributed by atoms with Crippen LogP contribution < -0.4 is 20.1 Å². The molecule has 2 N–H and O–H groups in total. The van der Waals surface area contributed by atoms with Gasteiger partial charge in [0.2, 0.25) is 5.88 Å². The van der Waals surface area contributed by atoms with Gasteiger partial charge in [0.05, 0.1) is 6.61 Å². The van der Waals surface area contributed by atoms with E-state index in [1.54, 1.807) is 13.2 Å². The van der Waals surface area contributed by atoms with E-state index in [-0.39, 0.29) is 24.0 Å². The maximum Gasteiger partial charge on any atom is 0.224 e. The zero-order chi connectivity index (χ0) is 18.6. The van der Waals surface area contributed by atoms with E-state index in [2.05, 4.69) is 34.5 Å². The first-order valence-corrected chi connectivity index (χ1v) is 9.06. The van der Waals surface area contributed by atoms with Crippen LogP contribution in [0, 0.1) is 0 Å². The van der Waals surface area contributed by atoms with Crippen LogP contribution in [0.3, 0.4) is 0 Å². The molecule has 27 heavy (non-hydrogen) atoms. The third-order valence-electron chi connectivity index (χ3n) is 3.57. The molecule has 0 fully saturated rings. The molecule has 1 heterocycles. The van der Waals surface area contributed by atoms with Crippen LogP contribution in [0.1, 0.15) is 32.3 Å². The number of rotatable bonds is 9. The van der Waals surface area contributed by atoms with Crippen molar-refractivity contribution in [1.29, 1.82) is 0 Å². The number of guanidine groups is 1. The molecule has 0 saturated heterocycles. The van der Waals surface area contributed by atoms with E-state index in [1.165, 1.54) is 0 Å². The molecule has 1 aromatic carbocycles. The summed E-state index contributed by atoms with van der Waals surface area (Å²) >= 11 is 0. The zero-order valence-electron chi connectivity index (χ0n) is 16.2. The van der Waals surface area contributed by atoms with Gasteiger partial charge in [0.1, 0.15) is 11.5 Å². The molecule has 0 amide bonds. The number of benzene rings is 1. The summed E-state index contributed by atoms with van der Waals surface area (Å²) in [6.07, 6.45) is 3.75. The summed E-state index contributed by atoms with van der Waals surface area (Å²) in [5.41, 5.74) is 0.957. The lowest BCUT2D eigenvalue weighted by atomic mass is 10.2. The van der Waals surface area contributed by atoms with Crippen LogP contribution >= 0.6 is 24.0 Å². The molecule has 0 atom stereocenters. The Labute approximate surface area is 178 Å². The molecular weight excluding hydrogens is 455 g/mol. The number of hydrogen-bond donors (Lipinski definition) is 2. The minimum absolute atomic E-state index is 0. The van der Waals surface area contributed by atoms with Crippen molar-refractivity contribution in [2.45, 2.75) is 33.2 Å². The number of hydrogen-bond acceptors (Lipinski definition) is 4. The SMILES string of the molecule is CCCNC(=NC)NCc1cccnc1Oc1ccc(OCCC)cc1.I. The molecule has 0 radical (unpaired) electrons. The number of pyridine rings is 1. The van der Waals surface area contributed by atoms with Gasteiger partial charge in [0.25, 0.3) is 0 Å². The van der Waals surface area contributed by atoms with Gasteiger partial charge in [-0.15, -0.1) is 24.0 Å². The molecule has 2 rings (SSSR count). The van der Waals surface area contributed by atoms with Gasteiger partial charge >= 0.3 is 0 Å². The maximum atomic E-state index is 5.95. The van der Waals surface area contributed by atoms with Gasteiger partial charge in [0, 0.05) is 31.9 Å². The highest BCUT2D eigenvalue weighted by atomic mass is 127. The fourth-order valence-electron chi connectivity index (χ4n) is 2.23. The van der Waals surface area contributed by atoms with Crippen LogP contribution in [0.15, 0.2) is 47.6 Å². The van der Waals surface area contributed by atoms with E-state index in [9.17, 15) is 0 Å². The summed E-state index contributed by atoms with van der Waals surface area (Å²) in [6, 6.07) is 11.5. The predicted octanol–water partition coefficient (Wildman–Crippen LogP) is 4.36. The fraction of sp³-hybridized carbons (Fsp3) is 0.400. The first kappa shape index (κ1) is 23.0. The van der Waals surface area contributed by atoms with E-state index in [4.69, 9.17) is 9.47 Å². The quantitative estimate of drug-likeness (QED) is 0.315. The van der Waals surface area contributed by atoms with E-state index < -0.39 is 0 Å². The topological polar surface area (TPSA) is 67.8 Å². The van der Waals surface area contributed by atoms with Crippen LogP contribution in [0.2, 0.25) is 0 Å². The number of halogens is 1. The molecule has 0 spiro atoms. The normalized spacial score (nSPS) is 10.7. The van der Waals surface area contributed by atoms with Crippen LogP contribution in [0.25, 0.3) is 0 Å². The lowest BCUT2D eigenvalue weighted by Gasteiger charge is -2.14. The lowest BCUT2D eigenvalue weighted by Crippen LogP contribution is -2.37. The van der Waals surface area contributed by atoms with E-state index in [0.29, 0.717) is 19.0 Å². The van der Waals surface area contributed by atoms with Crippen molar-refractivity contribution < 1.29 is 9.47 Å². The van der Waals surface area contributed by atoms with Gasteiger partial charge in [-0.05, 0) is 43.2 Å². The Kier molecular flexibility index (Phi) is 11.2. The van der Waals surface area contributed by atoms with Crippen LogP contribution in [0.5, 0.6) is 17.4 Å². The molecule has 0 saturated carbocycles. The van der Waals surface area contributed by atoms with Crippen LogP contribution in [-0.2, 0) is 6.54 Å². The Bertz CT molecular complexity index is 693. The van der Waals surface area contributed by atoms with Gasteiger partial charge in [-0.2, -0.15) is 0 Å². The summed E-state index contributed by atoms with van der Waals surface area (Å²) in [7, 11) is 1.76. The smallest absolute Gasteiger partial charge is 0.224 e. The number of nitrogens with one attached hydrogen (secondary N) is 2. The maximum absolute atomic E-state index is 5.95. The largest absolute Gasteiger partial charge is 0.494 e. The Hall–Kier alpha value is -2.03. The molecule has 0 aliphatic heterocycles. The Morgan fingerprint density at radius 3 is 2.44 bits per heavy atom. The predicted molar refractivity (Wildman–Crippen MR) is 120 cm³/mol. The number of nitrogens with zero attached hydrogens (tertiary/aromatic N) is 2. The first-order chi connectivity index (χ1) is 12.8. The van der Waals surface area contributed by atoms with Crippen LogP contribution in [0.4, 0.5) is 0 Å². The summed E-state index contributed by atoms with van der Waals surface area (Å²) in [6.45, 7) is 6.36. The van der Waals surface area contributed by atoms with E-state index in [0.717, 1.165) is 42.4 Å². The summed E-state index contributed by atoms with van der Waals surface area (Å²) in [5, 5.41) is 6.52. The third kappa shape index (κ3) is 8.03. The Morgan fingerprint density at radius 1 is 1.04 bits per heavy atom. The summed E-state index contributed by atoms with van der Waals surface area (Å²) < 4.78 is 11.5. The van der Waals surface area contributed by atoms with Gasteiger partial charge < -0.3 is 20.1 Å². The van der Waals surface area contributed by atoms with Crippen molar-refractivity contribution in [3.05, 3.63) is 48.2 Å². The van der Waals surface area contributed by atoms with Crippen LogP contribution in [-0.4, -0.2) is 31.1 Å². The molecule has 0 unspecified atom stereocenters. The molecule has 0 aliphatic rings. The third-order valence-corrected chi connectivity index (χ3v) is 3.57. The highest BCUT2D eigenvalue weighted by molar-refractivity contribution is 14.0. The van der Waals surface area contributed by atoms with Crippen molar-refractivity contribution in [3.8, 4) is 17.4 Å². The molecule has 148 valence electrons.